The van der Waals surface area contributed by atoms with Gasteiger partial charge < -0.3 is 15.2 Å². The minimum atomic E-state index is -0.272. The van der Waals surface area contributed by atoms with E-state index in [1.165, 1.54) is 6.20 Å². The average molecular weight is 378 g/mol. The van der Waals surface area contributed by atoms with E-state index in [-0.39, 0.29) is 17.5 Å². The highest BCUT2D eigenvalue weighted by Crippen LogP contribution is 2.17. The summed E-state index contributed by atoms with van der Waals surface area (Å²) in [5, 5.41) is 4.06. The number of H-pyrrole nitrogens is 1. The van der Waals surface area contributed by atoms with Crippen molar-refractivity contribution in [2.75, 3.05) is 20.1 Å². The second-order valence-electron chi connectivity index (χ2n) is 6.88. The number of benzene rings is 1. The maximum atomic E-state index is 12.5. The van der Waals surface area contributed by atoms with Crippen LogP contribution in [0.2, 0.25) is 0 Å². The van der Waals surface area contributed by atoms with Crippen LogP contribution in [0, 0.1) is 0 Å². The molecule has 0 bridgehead atoms. The van der Waals surface area contributed by atoms with Gasteiger partial charge in [0.25, 0.3) is 11.8 Å². The topological polar surface area (TPSA) is 78.1 Å². The highest BCUT2D eigenvalue weighted by Gasteiger charge is 2.15. The molecule has 0 saturated heterocycles. The Morgan fingerprint density at radius 1 is 1.21 bits per heavy atom. The largest absolute Gasteiger partial charge is 0.361 e. The first-order chi connectivity index (χ1) is 13.6. The van der Waals surface area contributed by atoms with Crippen LogP contribution in [0.25, 0.3) is 10.9 Å². The molecule has 0 spiro atoms. The quantitative estimate of drug-likeness (QED) is 0.630. The molecule has 0 aliphatic carbocycles. The predicted octanol–water partition coefficient (Wildman–Crippen LogP) is 3.41. The highest BCUT2D eigenvalue weighted by molar-refractivity contribution is 5.98. The summed E-state index contributed by atoms with van der Waals surface area (Å²) in [6.45, 7) is 3.28. The molecule has 6 heteroatoms. The first-order valence-electron chi connectivity index (χ1n) is 9.65. The predicted molar refractivity (Wildman–Crippen MR) is 110 cm³/mol. The van der Waals surface area contributed by atoms with Crippen LogP contribution < -0.4 is 5.32 Å². The minimum absolute atomic E-state index is 0.0938. The molecule has 3 aromatic rings. The van der Waals surface area contributed by atoms with Crippen molar-refractivity contribution >= 4 is 22.7 Å². The first kappa shape index (κ1) is 19.6. The van der Waals surface area contributed by atoms with Gasteiger partial charge in [-0.05, 0) is 36.6 Å². The number of amides is 2. The normalized spacial score (nSPS) is 10.8. The molecule has 0 aliphatic heterocycles. The number of carbonyl (C=O) groups is 2. The van der Waals surface area contributed by atoms with E-state index in [1.807, 2.05) is 24.4 Å². The summed E-state index contributed by atoms with van der Waals surface area (Å²) in [6.07, 6.45) is 6.18. The van der Waals surface area contributed by atoms with Crippen molar-refractivity contribution in [3.05, 3.63) is 65.6 Å². The van der Waals surface area contributed by atoms with E-state index in [0.717, 1.165) is 29.3 Å². The van der Waals surface area contributed by atoms with Crippen molar-refractivity contribution in [3.63, 3.8) is 0 Å². The van der Waals surface area contributed by atoms with Crippen molar-refractivity contribution in [1.82, 2.24) is 20.2 Å². The second-order valence-corrected chi connectivity index (χ2v) is 6.88. The number of para-hydroxylation sites is 1. The number of nitrogens with zero attached hydrogens (tertiary/aromatic N) is 2. The minimum Gasteiger partial charge on any atom is -0.361 e. The molecule has 2 heterocycles. The molecule has 2 N–H and O–H groups in total. The van der Waals surface area contributed by atoms with Crippen LogP contribution >= 0.6 is 0 Å². The van der Waals surface area contributed by atoms with Gasteiger partial charge in [-0.3, -0.25) is 14.6 Å². The smallest absolute Gasteiger partial charge is 0.269 e. The number of carbonyl (C=O) groups excluding carboxylic acids is 2. The van der Waals surface area contributed by atoms with Gasteiger partial charge in [-0.25, -0.2) is 0 Å². The Kier molecular flexibility index (Phi) is 6.42. The lowest BCUT2D eigenvalue weighted by Crippen LogP contribution is -2.29. The van der Waals surface area contributed by atoms with Gasteiger partial charge in [0.05, 0.1) is 0 Å². The van der Waals surface area contributed by atoms with E-state index >= 15 is 0 Å². The molecular formula is C22H26N4O2. The molecule has 0 atom stereocenters. The van der Waals surface area contributed by atoms with Crippen molar-refractivity contribution in [3.8, 4) is 0 Å². The first-order valence-corrected chi connectivity index (χ1v) is 9.65. The van der Waals surface area contributed by atoms with Crippen molar-refractivity contribution in [1.29, 1.82) is 0 Å². The van der Waals surface area contributed by atoms with Crippen LogP contribution in [0.4, 0.5) is 0 Å². The summed E-state index contributed by atoms with van der Waals surface area (Å²) >= 11 is 0. The molecule has 1 aromatic carbocycles. The molecule has 0 fully saturated rings. The van der Waals surface area contributed by atoms with E-state index < -0.39 is 0 Å². The van der Waals surface area contributed by atoms with Gasteiger partial charge in [-0.2, -0.15) is 0 Å². The molecule has 6 nitrogen and oxygen atoms in total. The van der Waals surface area contributed by atoms with Gasteiger partial charge in [0.2, 0.25) is 0 Å². The van der Waals surface area contributed by atoms with Crippen LogP contribution in [-0.2, 0) is 6.42 Å². The van der Waals surface area contributed by atoms with Crippen LogP contribution in [0.5, 0.6) is 0 Å². The van der Waals surface area contributed by atoms with E-state index in [2.05, 4.69) is 28.3 Å². The van der Waals surface area contributed by atoms with Crippen molar-refractivity contribution < 1.29 is 9.59 Å². The lowest BCUT2D eigenvalue weighted by molar-refractivity contribution is 0.0793. The number of unbranched alkanes of at least 4 members (excludes halogenated alkanes) is 1. The van der Waals surface area contributed by atoms with Crippen LogP contribution in [-0.4, -0.2) is 46.8 Å². The van der Waals surface area contributed by atoms with Gasteiger partial charge in [0.1, 0.15) is 5.69 Å². The third kappa shape index (κ3) is 4.57. The maximum absolute atomic E-state index is 12.5. The number of aromatic nitrogens is 2. The maximum Gasteiger partial charge on any atom is 0.269 e. The molecule has 2 aromatic heterocycles. The summed E-state index contributed by atoms with van der Waals surface area (Å²) in [4.78, 5) is 34.0. The summed E-state index contributed by atoms with van der Waals surface area (Å²) in [7, 11) is 1.78. The van der Waals surface area contributed by atoms with E-state index in [1.54, 1.807) is 24.1 Å². The van der Waals surface area contributed by atoms with Gasteiger partial charge >= 0.3 is 0 Å². The summed E-state index contributed by atoms with van der Waals surface area (Å²) < 4.78 is 0. The molecule has 28 heavy (non-hydrogen) atoms. The Hall–Kier alpha value is -3.15. The number of fused-ring (bicyclic) bond motifs is 1. The summed E-state index contributed by atoms with van der Waals surface area (Å²) in [5.41, 5.74) is 2.98. The Morgan fingerprint density at radius 3 is 2.86 bits per heavy atom. The standard InChI is InChI=1S/C22H26N4O2/c1-3-4-13-26(2)22(28)16-9-11-23-20(14-16)21(27)24-12-10-17-15-25-19-8-6-5-7-18(17)19/h5-9,11,14-15,25H,3-4,10,12-13H2,1-2H3,(H,24,27). The third-order valence-corrected chi connectivity index (χ3v) is 4.79. The van der Waals surface area contributed by atoms with E-state index in [0.29, 0.717) is 25.1 Å². The lowest BCUT2D eigenvalue weighted by Gasteiger charge is -2.16. The monoisotopic (exact) mass is 378 g/mol. The molecule has 146 valence electrons. The number of aromatic amines is 1. The number of hydrogen-bond donors (Lipinski definition) is 2. The van der Waals surface area contributed by atoms with Gasteiger partial charge in [-0.15, -0.1) is 0 Å². The molecule has 0 unspecified atom stereocenters. The fraction of sp³-hybridized carbons (Fsp3) is 0.318. The zero-order valence-electron chi connectivity index (χ0n) is 16.4. The van der Waals surface area contributed by atoms with Gasteiger partial charge in [-0.1, -0.05) is 31.5 Å². The summed E-state index contributed by atoms with van der Waals surface area (Å²) in [5.74, 6) is -0.366. The number of nitrogens with one attached hydrogen (secondary N) is 2. The molecular weight excluding hydrogens is 352 g/mol. The Balaban J connectivity index is 1.59. The van der Waals surface area contributed by atoms with Crippen molar-refractivity contribution in [2.45, 2.75) is 26.2 Å². The van der Waals surface area contributed by atoms with Gasteiger partial charge in [0.15, 0.2) is 0 Å². The molecule has 0 saturated carbocycles. The Bertz CT molecular complexity index is 964. The van der Waals surface area contributed by atoms with E-state index in [9.17, 15) is 9.59 Å². The van der Waals surface area contributed by atoms with Gasteiger partial charge in [0, 0.05) is 49.0 Å². The lowest BCUT2D eigenvalue weighted by atomic mass is 10.1. The third-order valence-electron chi connectivity index (χ3n) is 4.79. The average Bonchev–Trinajstić information content (AvgIpc) is 3.14. The highest BCUT2D eigenvalue weighted by atomic mass is 16.2. The van der Waals surface area contributed by atoms with Crippen LogP contribution in [0.15, 0.2) is 48.8 Å². The molecule has 0 aliphatic rings. The molecule has 2 amide bonds. The number of rotatable bonds is 8. The SMILES string of the molecule is CCCCN(C)C(=O)c1ccnc(C(=O)NCCc2c[nH]c3ccccc23)c1. The van der Waals surface area contributed by atoms with E-state index in [4.69, 9.17) is 0 Å². The zero-order valence-corrected chi connectivity index (χ0v) is 16.4. The Morgan fingerprint density at radius 2 is 2.04 bits per heavy atom. The number of hydrogen-bond acceptors (Lipinski definition) is 3. The fourth-order valence-corrected chi connectivity index (χ4v) is 3.14. The van der Waals surface area contributed by atoms with Crippen LogP contribution in [0.1, 0.15) is 46.2 Å². The van der Waals surface area contributed by atoms with Crippen LogP contribution in [0.3, 0.4) is 0 Å². The molecule has 3 rings (SSSR count). The fourth-order valence-electron chi connectivity index (χ4n) is 3.14. The second kappa shape index (κ2) is 9.17. The van der Waals surface area contributed by atoms with Crippen molar-refractivity contribution in [2.24, 2.45) is 0 Å². The molecule has 0 radical (unpaired) electrons. The summed E-state index contributed by atoms with van der Waals surface area (Å²) in [6, 6.07) is 11.3. The Labute approximate surface area is 165 Å². The zero-order chi connectivity index (χ0) is 19.9. The number of pyridine rings is 1.